The lowest BCUT2D eigenvalue weighted by molar-refractivity contribution is -0.118. The summed E-state index contributed by atoms with van der Waals surface area (Å²) >= 11 is 8.36. The van der Waals surface area contributed by atoms with Crippen LogP contribution in [0.3, 0.4) is 0 Å². The molecule has 0 radical (unpaired) electrons. The molecule has 0 unspecified atom stereocenters. The Balaban J connectivity index is 3.40. The average molecular weight is 237 g/mol. The predicted octanol–water partition coefficient (Wildman–Crippen LogP) is -0.826. The van der Waals surface area contributed by atoms with Crippen LogP contribution in [0, 0.1) is 0 Å². The zero-order chi connectivity index (χ0) is 11.0. The van der Waals surface area contributed by atoms with Gasteiger partial charge in [-0.25, -0.2) is 4.79 Å². The number of rotatable bonds is 4. The first kappa shape index (κ1) is 13.0. The molecule has 0 saturated carbocycles. The number of carbonyl (C=O) groups is 2. The highest BCUT2D eigenvalue weighted by atomic mass is 32.1. The van der Waals surface area contributed by atoms with Gasteiger partial charge in [0.15, 0.2) is 5.11 Å². The highest BCUT2D eigenvalue weighted by Gasteiger charge is 1.99. The van der Waals surface area contributed by atoms with Crippen molar-refractivity contribution in [1.82, 2.24) is 16.0 Å². The van der Waals surface area contributed by atoms with Crippen LogP contribution in [-0.4, -0.2) is 41.1 Å². The summed E-state index contributed by atoms with van der Waals surface area (Å²) in [7, 11) is 0. The maximum Gasteiger partial charge on any atom is 0.410 e. The first-order chi connectivity index (χ1) is 6.56. The first-order valence-corrected chi connectivity index (χ1v) is 4.75. The SMILES string of the molecule is O=C(O)NC(=S)NCCNC(=O)CS. The zero-order valence-electron chi connectivity index (χ0n) is 7.24. The van der Waals surface area contributed by atoms with Crippen molar-refractivity contribution in [2.45, 2.75) is 0 Å². The van der Waals surface area contributed by atoms with Gasteiger partial charge in [0, 0.05) is 13.1 Å². The predicted molar refractivity (Wildman–Crippen MR) is 58.6 cm³/mol. The lowest BCUT2D eigenvalue weighted by Crippen LogP contribution is -2.42. The molecular formula is C6H11N3O3S2. The van der Waals surface area contributed by atoms with Gasteiger partial charge < -0.3 is 15.7 Å². The Kier molecular flexibility index (Phi) is 6.85. The smallest absolute Gasteiger partial charge is 0.410 e. The average Bonchev–Trinajstić information content (AvgIpc) is 2.10. The van der Waals surface area contributed by atoms with E-state index in [4.69, 9.17) is 5.11 Å². The zero-order valence-corrected chi connectivity index (χ0v) is 8.95. The normalized spacial score (nSPS) is 8.93. The lowest BCUT2D eigenvalue weighted by atomic mass is 10.6. The number of carboxylic acid groups (broad SMARTS) is 1. The third-order valence-corrected chi connectivity index (χ3v) is 1.63. The minimum Gasteiger partial charge on any atom is -0.465 e. The summed E-state index contributed by atoms with van der Waals surface area (Å²) in [5.74, 6) is -0.0649. The van der Waals surface area contributed by atoms with Crippen molar-refractivity contribution in [2.24, 2.45) is 0 Å². The minimum absolute atomic E-state index is 0.0117. The summed E-state index contributed by atoms with van der Waals surface area (Å²) in [5, 5.41) is 15.3. The fourth-order valence-corrected chi connectivity index (χ4v) is 0.876. The second-order valence-corrected chi connectivity index (χ2v) is 2.92. The van der Waals surface area contributed by atoms with Crippen LogP contribution in [0.15, 0.2) is 0 Å². The molecule has 0 rings (SSSR count). The van der Waals surface area contributed by atoms with Crippen LogP contribution in [-0.2, 0) is 4.79 Å². The van der Waals surface area contributed by atoms with E-state index in [0.717, 1.165) is 0 Å². The van der Waals surface area contributed by atoms with Gasteiger partial charge in [-0.2, -0.15) is 12.6 Å². The molecule has 0 bridgehead atoms. The Morgan fingerprint density at radius 1 is 1.29 bits per heavy atom. The van der Waals surface area contributed by atoms with Crippen LogP contribution in [0.1, 0.15) is 0 Å². The van der Waals surface area contributed by atoms with Crippen molar-refractivity contribution in [1.29, 1.82) is 0 Å². The maximum absolute atomic E-state index is 10.7. The Labute approximate surface area is 91.8 Å². The molecule has 80 valence electrons. The first-order valence-electron chi connectivity index (χ1n) is 3.71. The Bertz CT molecular complexity index is 234. The van der Waals surface area contributed by atoms with Crippen LogP contribution in [0.4, 0.5) is 4.79 Å². The number of amides is 2. The van der Waals surface area contributed by atoms with E-state index in [2.05, 4.69) is 35.5 Å². The second kappa shape index (κ2) is 7.39. The van der Waals surface area contributed by atoms with E-state index < -0.39 is 6.09 Å². The Morgan fingerprint density at radius 3 is 2.36 bits per heavy atom. The molecule has 0 heterocycles. The van der Waals surface area contributed by atoms with Gasteiger partial charge in [0.1, 0.15) is 0 Å². The molecule has 14 heavy (non-hydrogen) atoms. The fourth-order valence-electron chi connectivity index (χ4n) is 0.575. The quantitative estimate of drug-likeness (QED) is 0.250. The van der Waals surface area contributed by atoms with E-state index in [1.165, 1.54) is 0 Å². The lowest BCUT2D eigenvalue weighted by Gasteiger charge is -2.07. The highest BCUT2D eigenvalue weighted by molar-refractivity contribution is 7.81. The number of hydrogen-bond donors (Lipinski definition) is 5. The molecule has 0 aromatic carbocycles. The number of hydrogen-bond acceptors (Lipinski definition) is 4. The van der Waals surface area contributed by atoms with E-state index in [-0.39, 0.29) is 16.8 Å². The Morgan fingerprint density at radius 2 is 1.86 bits per heavy atom. The molecule has 0 aliphatic carbocycles. The molecule has 0 atom stereocenters. The van der Waals surface area contributed by atoms with Gasteiger partial charge in [0.2, 0.25) is 5.91 Å². The number of carbonyl (C=O) groups excluding carboxylic acids is 1. The van der Waals surface area contributed by atoms with Gasteiger partial charge in [-0.1, -0.05) is 0 Å². The van der Waals surface area contributed by atoms with Gasteiger partial charge >= 0.3 is 6.09 Å². The second-order valence-electron chi connectivity index (χ2n) is 2.19. The van der Waals surface area contributed by atoms with Crippen LogP contribution in [0.5, 0.6) is 0 Å². The van der Waals surface area contributed by atoms with Crippen LogP contribution < -0.4 is 16.0 Å². The molecule has 2 amide bonds. The summed E-state index contributed by atoms with van der Waals surface area (Å²) in [6, 6.07) is 0. The fraction of sp³-hybridized carbons (Fsp3) is 0.500. The minimum atomic E-state index is -1.22. The van der Waals surface area contributed by atoms with E-state index in [9.17, 15) is 9.59 Å². The molecule has 0 spiro atoms. The topological polar surface area (TPSA) is 90.5 Å². The van der Waals surface area contributed by atoms with E-state index >= 15 is 0 Å². The van der Waals surface area contributed by atoms with Crippen molar-refractivity contribution in [3.63, 3.8) is 0 Å². The van der Waals surface area contributed by atoms with E-state index in [1.54, 1.807) is 0 Å². The Hall–Kier alpha value is -1.02. The monoisotopic (exact) mass is 237 g/mol. The van der Waals surface area contributed by atoms with Crippen molar-refractivity contribution in [3.8, 4) is 0 Å². The maximum atomic E-state index is 10.7. The third-order valence-electron chi connectivity index (χ3n) is 1.10. The van der Waals surface area contributed by atoms with Gasteiger partial charge in [-0.05, 0) is 12.2 Å². The summed E-state index contributed by atoms with van der Waals surface area (Å²) in [5.41, 5.74) is 0. The molecule has 0 fully saturated rings. The molecular weight excluding hydrogens is 226 g/mol. The van der Waals surface area contributed by atoms with Crippen molar-refractivity contribution in [3.05, 3.63) is 0 Å². The van der Waals surface area contributed by atoms with E-state index in [0.29, 0.717) is 13.1 Å². The number of nitrogens with one attached hydrogen (secondary N) is 3. The molecule has 4 N–H and O–H groups in total. The molecule has 8 heteroatoms. The summed E-state index contributed by atoms with van der Waals surface area (Å²) in [6.45, 7) is 0.722. The van der Waals surface area contributed by atoms with Gasteiger partial charge in [-0.15, -0.1) is 0 Å². The number of thiol groups is 1. The van der Waals surface area contributed by atoms with Crippen LogP contribution in [0.2, 0.25) is 0 Å². The van der Waals surface area contributed by atoms with Gasteiger partial charge in [-0.3, -0.25) is 10.1 Å². The van der Waals surface area contributed by atoms with E-state index in [1.807, 2.05) is 5.32 Å². The summed E-state index contributed by atoms with van der Waals surface area (Å²) in [4.78, 5) is 20.8. The summed E-state index contributed by atoms with van der Waals surface area (Å²) < 4.78 is 0. The molecule has 0 aromatic heterocycles. The largest absolute Gasteiger partial charge is 0.465 e. The summed E-state index contributed by atoms with van der Waals surface area (Å²) in [6.07, 6.45) is -1.22. The van der Waals surface area contributed by atoms with Crippen LogP contribution >= 0.6 is 24.8 Å². The standard InChI is InChI=1S/C6H11N3O3S2/c10-4(3-13)7-1-2-8-5(14)9-6(11)12/h13H,1-3H2,(H,7,10)(H,11,12)(H2,8,9,14). The highest BCUT2D eigenvalue weighted by Crippen LogP contribution is 1.72. The molecule has 6 nitrogen and oxygen atoms in total. The van der Waals surface area contributed by atoms with Crippen LogP contribution in [0.25, 0.3) is 0 Å². The molecule has 0 aliphatic heterocycles. The third kappa shape index (κ3) is 7.62. The molecule has 0 aromatic rings. The number of thiocarbonyl (C=S) groups is 1. The van der Waals surface area contributed by atoms with Gasteiger partial charge in [0.05, 0.1) is 5.75 Å². The van der Waals surface area contributed by atoms with Gasteiger partial charge in [0.25, 0.3) is 0 Å². The molecule has 0 aliphatic rings. The van der Waals surface area contributed by atoms with Crippen molar-refractivity contribution in [2.75, 3.05) is 18.8 Å². The molecule has 0 saturated heterocycles. The van der Waals surface area contributed by atoms with Crippen molar-refractivity contribution < 1.29 is 14.7 Å². The van der Waals surface area contributed by atoms with Crippen molar-refractivity contribution >= 4 is 42.0 Å².